The Bertz CT molecular complexity index is 1500. The molecule has 1 unspecified atom stereocenters. The van der Waals surface area contributed by atoms with Crippen LogP contribution in [0.25, 0.3) is 0 Å². The number of aryl methyl sites for hydroxylation is 1. The average molecular weight is 627 g/mol. The van der Waals surface area contributed by atoms with E-state index in [0.29, 0.717) is 24.8 Å². The van der Waals surface area contributed by atoms with Crippen LogP contribution in [0.1, 0.15) is 87.8 Å². The molecule has 0 fully saturated rings. The molecule has 1 aliphatic carbocycles. The number of ether oxygens (including phenoxy) is 2. The second kappa shape index (κ2) is 14.3. The number of hydrogen-bond acceptors (Lipinski definition) is 5. The van der Waals surface area contributed by atoms with Gasteiger partial charge in [0.15, 0.2) is 11.5 Å². The van der Waals surface area contributed by atoms with Gasteiger partial charge in [-0.2, -0.15) is 0 Å². The first-order valence-corrected chi connectivity index (χ1v) is 17.5. The number of anilines is 1. The molecule has 3 aromatic carbocycles. The molecule has 0 bridgehead atoms. The highest BCUT2D eigenvalue weighted by Crippen LogP contribution is 2.43. The van der Waals surface area contributed by atoms with Crippen molar-refractivity contribution in [3.8, 4) is 11.5 Å². The van der Waals surface area contributed by atoms with Crippen LogP contribution in [-0.4, -0.2) is 27.3 Å². The van der Waals surface area contributed by atoms with Crippen LogP contribution in [0.4, 0.5) is 14.5 Å². The summed E-state index contributed by atoms with van der Waals surface area (Å²) in [4.78, 5) is -0.158. The maximum absolute atomic E-state index is 13.4. The van der Waals surface area contributed by atoms with E-state index >= 15 is 0 Å². The first-order valence-electron chi connectivity index (χ1n) is 16.0. The van der Waals surface area contributed by atoms with Crippen molar-refractivity contribution in [3.05, 3.63) is 83.4 Å². The molecular formula is C35H44F2N2O4S. The summed E-state index contributed by atoms with van der Waals surface area (Å²) in [6.07, 6.45) is 7.71. The van der Waals surface area contributed by atoms with Gasteiger partial charge in [0.25, 0.3) is 0 Å². The Morgan fingerprint density at radius 2 is 1.70 bits per heavy atom. The lowest BCUT2D eigenvalue weighted by Gasteiger charge is -2.35. The summed E-state index contributed by atoms with van der Waals surface area (Å²) in [5, 5.41) is 3.47. The zero-order valence-electron chi connectivity index (χ0n) is 25.7. The first kappa shape index (κ1) is 32.2. The molecule has 0 radical (unpaired) electrons. The number of hydrogen-bond donors (Lipinski definition) is 2. The number of rotatable bonds is 15. The molecule has 0 spiro atoms. The van der Waals surface area contributed by atoms with Crippen LogP contribution in [0.2, 0.25) is 0 Å². The molecule has 3 aromatic rings. The fourth-order valence-corrected chi connectivity index (χ4v) is 7.80. The molecule has 1 heterocycles. The molecule has 2 N–H and O–H groups in total. The summed E-state index contributed by atoms with van der Waals surface area (Å²) in [5.74, 6) is 0.575. The molecule has 0 saturated heterocycles. The third kappa shape index (κ3) is 8.10. The Morgan fingerprint density at radius 1 is 0.932 bits per heavy atom. The number of halogens is 2. The molecule has 0 amide bonds. The van der Waals surface area contributed by atoms with Crippen LogP contribution in [0.15, 0.2) is 71.6 Å². The van der Waals surface area contributed by atoms with E-state index in [4.69, 9.17) is 0 Å². The quantitative estimate of drug-likeness (QED) is 0.166. The number of nitrogens with one attached hydrogen (secondary N) is 2. The highest BCUT2D eigenvalue weighted by atomic mass is 32.2. The Labute approximate surface area is 260 Å². The van der Waals surface area contributed by atoms with Crippen molar-refractivity contribution in [2.75, 3.05) is 11.9 Å². The molecule has 0 aromatic heterocycles. The van der Waals surface area contributed by atoms with Crippen molar-refractivity contribution in [1.82, 2.24) is 4.72 Å². The molecule has 44 heavy (non-hydrogen) atoms. The average Bonchev–Trinajstić information content (AvgIpc) is 3.33. The van der Waals surface area contributed by atoms with Gasteiger partial charge in [-0.15, -0.1) is 8.78 Å². The maximum atomic E-state index is 13.4. The Balaban J connectivity index is 1.27. The van der Waals surface area contributed by atoms with Crippen molar-refractivity contribution in [3.63, 3.8) is 0 Å². The Hall–Kier alpha value is -3.17. The van der Waals surface area contributed by atoms with Gasteiger partial charge in [-0.05, 0) is 84.9 Å². The minimum Gasteiger partial charge on any atom is -0.395 e. The van der Waals surface area contributed by atoms with E-state index in [1.165, 1.54) is 73.8 Å². The van der Waals surface area contributed by atoms with E-state index < -0.39 is 22.4 Å². The van der Waals surface area contributed by atoms with E-state index in [0.717, 1.165) is 24.6 Å². The molecule has 9 heteroatoms. The summed E-state index contributed by atoms with van der Waals surface area (Å²) in [7, 11) is -3.99. The Kier molecular flexibility index (Phi) is 10.5. The van der Waals surface area contributed by atoms with Gasteiger partial charge in [0, 0.05) is 24.3 Å². The van der Waals surface area contributed by atoms with Gasteiger partial charge in [0.05, 0.1) is 4.90 Å². The van der Waals surface area contributed by atoms with E-state index in [1.54, 1.807) is 0 Å². The van der Waals surface area contributed by atoms with Crippen molar-refractivity contribution < 1.29 is 26.7 Å². The van der Waals surface area contributed by atoms with Crippen molar-refractivity contribution in [1.29, 1.82) is 0 Å². The second-order valence-electron chi connectivity index (χ2n) is 12.1. The summed E-state index contributed by atoms with van der Waals surface area (Å²) in [5.41, 5.74) is 5.12. The number of alkyl halides is 2. The largest absolute Gasteiger partial charge is 0.586 e. The molecule has 1 aliphatic heterocycles. The zero-order chi connectivity index (χ0) is 31.2. The van der Waals surface area contributed by atoms with Crippen LogP contribution in [0, 0.1) is 5.92 Å². The lowest BCUT2D eigenvalue weighted by molar-refractivity contribution is -0.286. The van der Waals surface area contributed by atoms with Crippen LogP contribution < -0.4 is 19.5 Å². The lowest BCUT2D eigenvalue weighted by Crippen LogP contribution is -2.39. The van der Waals surface area contributed by atoms with Gasteiger partial charge >= 0.3 is 6.29 Å². The van der Waals surface area contributed by atoms with Crippen LogP contribution in [-0.2, 0) is 22.9 Å². The first-order chi connectivity index (χ1) is 21.2. The van der Waals surface area contributed by atoms with Gasteiger partial charge in [0.1, 0.15) is 0 Å². The predicted molar refractivity (Wildman–Crippen MR) is 170 cm³/mol. The third-order valence-corrected chi connectivity index (χ3v) is 10.4. The molecule has 6 nitrogen and oxygen atoms in total. The van der Waals surface area contributed by atoms with Crippen LogP contribution in [0.3, 0.4) is 0 Å². The minimum atomic E-state index is -3.99. The van der Waals surface area contributed by atoms with Crippen molar-refractivity contribution >= 4 is 15.7 Å². The number of benzene rings is 3. The van der Waals surface area contributed by atoms with E-state index in [1.807, 2.05) is 6.92 Å². The fourth-order valence-electron chi connectivity index (χ4n) is 6.47. The van der Waals surface area contributed by atoms with Crippen molar-refractivity contribution in [2.24, 2.45) is 5.92 Å². The number of sulfonamides is 1. The highest BCUT2D eigenvalue weighted by molar-refractivity contribution is 7.89. The Morgan fingerprint density at radius 3 is 2.48 bits per heavy atom. The van der Waals surface area contributed by atoms with E-state index in [2.05, 4.69) is 75.0 Å². The monoisotopic (exact) mass is 626 g/mol. The van der Waals surface area contributed by atoms with Gasteiger partial charge in [-0.25, -0.2) is 13.1 Å². The smallest absolute Gasteiger partial charge is 0.395 e. The van der Waals surface area contributed by atoms with E-state index in [-0.39, 0.29) is 16.4 Å². The number of fused-ring (bicyclic) bond motifs is 2. The zero-order valence-corrected chi connectivity index (χ0v) is 26.5. The standard InChI is InChI=1S/C35H44F2N2O4S/c1-3-5-6-7-11-14-26-15-16-27-17-18-29(22-32(27)31(26)21-25-12-9-8-10-13-25)38-24-28(4-2)39-44(40,41)30-19-20-33-34(23-30)43-35(36,37)42-33/h8-10,12-13,17-20,22-23,26,28,31,38-39H,3-7,11,14-16,21,24H2,1-2H3/t26-,28?,31-/m0/s1. The van der Waals surface area contributed by atoms with Gasteiger partial charge in [0.2, 0.25) is 10.0 Å². The van der Waals surface area contributed by atoms with Crippen molar-refractivity contribution in [2.45, 2.75) is 101 Å². The minimum absolute atomic E-state index is 0.158. The van der Waals surface area contributed by atoms with Crippen LogP contribution in [0.5, 0.6) is 11.5 Å². The van der Waals surface area contributed by atoms with Crippen LogP contribution >= 0.6 is 0 Å². The number of unbranched alkanes of at least 4 members (excludes halogenated alkanes) is 4. The topological polar surface area (TPSA) is 76.7 Å². The fraction of sp³-hybridized carbons (Fsp3) is 0.486. The summed E-state index contributed by atoms with van der Waals surface area (Å²) < 4.78 is 64.7. The third-order valence-electron chi connectivity index (χ3n) is 8.93. The highest BCUT2D eigenvalue weighted by Gasteiger charge is 2.44. The SMILES string of the molecule is CCCCCCC[C@H]1CCc2ccc(NCC(CC)NS(=O)(=O)c3ccc4c(c3)OC(F)(F)O4)cc2[C@H]1Cc1ccccc1. The lowest BCUT2D eigenvalue weighted by atomic mass is 9.70. The molecular weight excluding hydrogens is 582 g/mol. The molecule has 3 atom stereocenters. The van der Waals surface area contributed by atoms with Gasteiger partial charge in [-0.3, -0.25) is 0 Å². The summed E-state index contributed by atoms with van der Waals surface area (Å²) in [6.45, 7) is 4.53. The summed E-state index contributed by atoms with van der Waals surface area (Å²) in [6, 6.07) is 20.4. The predicted octanol–water partition coefficient (Wildman–Crippen LogP) is 8.43. The van der Waals surface area contributed by atoms with Gasteiger partial charge in [-0.1, -0.05) is 82.3 Å². The van der Waals surface area contributed by atoms with E-state index in [9.17, 15) is 17.2 Å². The molecule has 2 aliphatic rings. The maximum Gasteiger partial charge on any atom is 0.586 e. The molecule has 5 rings (SSSR count). The molecule has 0 saturated carbocycles. The molecule has 238 valence electrons. The summed E-state index contributed by atoms with van der Waals surface area (Å²) >= 11 is 0. The normalized spacial score (nSPS) is 19.4. The van der Waals surface area contributed by atoms with Gasteiger partial charge < -0.3 is 14.8 Å². The second-order valence-corrected chi connectivity index (χ2v) is 13.8.